The number of hydrogen-bond donors (Lipinski definition) is 2. The van der Waals surface area contributed by atoms with Crippen molar-refractivity contribution in [1.82, 2.24) is 10.6 Å². The van der Waals surface area contributed by atoms with Gasteiger partial charge in [-0.25, -0.2) is 0 Å². The summed E-state index contributed by atoms with van der Waals surface area (Å²) < 4.78 is 41.2. The first-order valence-corrected chi connectivity index (χ1v) is 6.48. The van der Waals surface area contributed by atoms with E-state index < -0.39 is 18.6 Å². The molecule has 1 fully saturated rings. The van der Waals surface area contributed by atoms with Gasteiger partial charge in [-0.05, 0) is 24.5 Å². The fourth-order valence-electron chi connectivity index (χ4n) is 1.97. The van der Waals surface area contributed by atoms with Crippen LogP contribution in [-0.2, 0) is 11.3 Å². The molecule has 4 nitrogen and oxygen atoms in total. The molecule has 112 valence electrons. The Morgan fingerprint density at radius 1 is 1.45 bits per heavy atom. The zero-order valence-corrected chi connectivity index (χ0v) is 11.1. The van der Waals surface area contributed by atoms with Crippen LogP contribution in [0.4, 0.5) is 13.2 Å². The molecule has 2 unspecified atom stereocenters. The van der Waals surface area contributed by atoms with Gasteiger partial charge in [0.2, 0.25) is 5.91 Å². The van der Waals surface area contributed by atoms with E-state index in [4.69, 9.17) is 4.42 Å². The molecule has 2 rings (SSSR count). The standard InChI is InChI=1S/C13H17F3N2O2/c1-8-4-10(8)11-3-2-9(20-11)5-17-6-12(19)18-7-13(14,15)16/h2-3,8,10,17H,4-7H2,1H3,(H,18,19). The summed E-state index contributed by atoms with van der Waals surface area (Å²) in [4.78, 5) is 11.1. The van der Waals surface area contributed by atoms with Gasteiger partial charge in [0.15, 0.2) is 0 Å². The summed E-state index contributed by atoms with van der Waals surface area (Å²) >= 11 is 0. The number of rotatable bonds is 6. The minimum Gasteiger partial charge on any atom is -0.464 e. The Morgan fingerprint density at radius 2 is 2.15 bits per heavy atom. The molecule has 0 bridgehead atoms. The number of furan rings is 1. The molecule has 1 heterocycles. The highest BCUT2D eigenvalue weighted by Gasteiger charge is 2.36. The van der Waals surface area contributed by atoms with Gasteiger partial charge in [-0.2, -0.15) is 13.2 Å². The van der Waals surface area contributed by atoms with Gasteiger partial charge in [-0.15, -0.1) is 0 Å². The average Bonchev–Trinajstić information content (AvgIpc) is 2.89. The summed E-state index contributed by atoms with van der Waals surface area (Å²) in [5.41, 5.74) is 0. The van der Waals surface area contributed by atoms with Crippen LogP contribution in [0.25, 0.3) is 0 Å². The highest BCUT2D eigenvalue weighted by atomic mass is 19.4. The first-order valence-electron chi connectivity index (χ1n) is 6.48. The maximum Gasteiger partial charge on any atom is 0.405 e. The molecule has 1 aromatic heterocycles. The molecule has 0 aromatic carbocycles. The van der Waals surface area contributed by atoms with Gasteiger partial charge in [-0.1, -0.05) is 6.92 Å². The molecule has 7 heteroatoms. The maximum atomic E-state index is 11.9. The van der Waals surface area contributed by atoms with Gasteiger partial charge in [0.05, 0.1) is 13.1 Å². The monoisotopic (exact) mass is 290 g/mol. The number of hydrogen-bond acceptors (Lipinski definition) is 3. The highest BCUT2D eigenvalue weighted by molar-refractivity contribution is 5.77. The second-order valence-corrected chi connectivity index (χ2v) is 5.12. The lowest BCUT2D eigenvalue weighted by atomic mass is 10.3. The first kappa shape index (κ1) is 14.9. The molecular weight excluding hydrogens is 273 g/mol. The zero-order valence-electron chi connectivity index (χ0n) is 11.1. The van der Waals surface area contributed by atoms with Crippen LogP contribution in [0.1, 0.15) is 30.8 Å². The molecule has 0 saturated heterocycles. The Kier molecular flexibility index (Phi) is 4.37. The van der Waals surface area contributed by atoms with E-state index in [9.17, 15) is 18.0 Å². The van der Waals surface area contributed by atoms with Gasteiger partial charge in [0.25, 0.3) is 0 Å². The third-order valence-corrected chi connectivity index (χ3v) is 3.23. The molecule has 1 aliphatic rings. The zero-order chi connectivity index (χ0) is 14.8. The van der Waals surface area contributed by atoms with Crippen LogP contribution >= 0.6 is 0 Å². The Labute approximate surface area is 114 Å². The van der Waals surface area contributed by atoms with Gasteiger partial charge in [0, 0.05) is 5.92 Å². The lowest BCUT2D eigenvalue weighted by Gasteiger charge is -2.08. The van der Waals surface area contributed by atoms with Crippen molar-refractivity contribution < 1.29 is 22.4 Å². The summed E-state index contributed by atoms with van der Waals surface area (Å²) in [5, 5.41) is 4.54. The van der Waals surface area contributed by atoms with Crippen molar-refractivity contribution in [1.29, 1.82) is 0 Å². The molecule has 1 aliphatic carbocycles. The van der Waals surface area contributed by atoms with Crippen molar-refractivity contribution in [2.75, 3.05) is 13.1 Å². The van der Waals surface area contributed by atoms with Crippen molar-refractivity contribution in [3.05, 3.63) is 23.7 Å². The van der Waals surface area contributed by atoms with E-state index in [1.54, 1.807) is 5.32 Å². The van der Waals surface area contributed by atoms with Crippen LogP contribution in [-0.4, -0.2) is 25.2 Å². The molecule has 20 heavy (non-hydrogen) atoms. The van der Waals surface area contributed by atoms with E-state index in [1.807, 2.05) is 12.1 Å². The van der Waals surface area contributed by atoms with E-state index in [-0.39, 0.29) is 6.54 Å². The lowest BCUT2D eigenvalue weighted by molar-refractivity contribution is -0.137. The molecule has 0 aliphatic heterocycles. The van der Waals surface area contributed by atoms with Crippen molar-refractivity contribution in [2.24, 2.45) is 5.92 Å². The SMILES string of the molecule is CC1CC1c1ccc(CNCC(=O)NCC(F)(F)F)o1. The second kappa shape index (κ2) is 5.87. The minimum absolute atomic E-state index is 0.175. The molecular formula is C13H17F3N2O2. The van der Waals surface area contributed by atoms with Crippen molar-refractivity contribution in [3.8, 4) is 0 Å². The maximum absolute atomic E-state index is 11.9. The van der Waals surface area contributed by atoms with Crippen LogP contribution in [0.5, 0.6) is 0 Å². The molecule has 1 amide bonds. The van der Waals surface area contributed by atoms with Crippen LogP contribution < -0.4 is 10.6 Å². The lowest BCUT2D eigenvalue weighted by Crippen LogP contribution is -2.39. The van der Waals surface area contributed by atoms with Crippen LogP contribution in [0, 0.1) is 5.92 Å². The first-order chi connectivity index (χ1) is 9.35. The van der Waals surface area contributed by atoms with Gasteiger partial charge in [-0.3, -0.25) is 4.79 Å². The second-order valence-electron chi connectivity index (χ2n) is 5.12. The molecule has 0 radical (unpaired) electrons. The topological polar surface area (TPSA) is 54.3 Å². The number of nitrogens with one attached hydrogen (secondary N) is 2. The number of carbonyl (C=O) groups excluding carboxylic acids is 1. The number of amides is 1. The molecule has 1 saturated carbocycles. The fraction of sp³-hybridized carbons (Fsp3) is 0.615. The van der Waals surface area contributed by atoms with Crippen LogP contribution in [0.3, 0.4) is 0 Å². The number of alkyl halides is 3. The van der Waals surface area contributed by atoms with E-state index in [2.05, 4.69) is 12.2 Å². The van der Waals surface area contributed by atoms with Gasteiger partial charge in [0.1, 0.15) is 18.1 Å². The molecule has 2 atom stereocenters. The predicted molar refractivity (Wildman–Crippen MR) is 66.0 cm³/mol. The van der Waals surface area contributed by atoms with Crippen molar-refractivity contribution in [2.45, 2.75) is 32.0 Å². The van der Waals surface area contributed by atoms with Crippen molar-refractivity contribution in [3.63, 3.8) is 0 Å². The van der Waals surface area contributed by atoms with E-state index in [1.165, 1.54) is 0 Å². The number of carbonyl (C=O) groups is 1. The predicted octanol–water partition coefficient (Wildman–Crippen LogP) is 2.17. The Balaban J connectivity index is 1.65. The smallest absolute Gasteiger partial charge is 0.405 e. The van der Waals surface area contributed by atoms with Crippen molar-refractivity contribution >= 4 is 5.91 Å². The number of halogens is 3. The summed E-state index contributed by atoms with van der Waals surface area (Å²) in [6.07, 6.45) is -3.26. The Hall–Kier alpha value is -1.50. The van der Waals surface area contributed by atoms with E-state index >= 15 is 0 Å². The highest BCUT2D eigenvalue weighted by Crippen LogP contribution is 2.47. The van der Waals surface area contributed by atoms with Crippen LogP contribution in [0.2, 0.25) is 0 Å². The molecule has 2 N–H and O–H groups in total. The normalized spacial score (nSPS) is 21.8. The van der Waals surface area contributed by atoms with Gasteiger partial charge < -0.3 is 15.1 Å². The van der Waals surface area contributed by atoms with E-state index in [0.29, 0.717) is 24.1 Å². The minimum atomic E-state index is -4.38. The summed E-state index contributed by atoms with van der Waals surface area (Å²) in [7, 11) is 0. The molecule has 0 spiro atoms. The van der Waals surface area contributed by atoms with Crippen LogP contribution in [0.15, 0.2) is 16.5 Å². The molecule has 1 aromatic rings. The summed E-state index contributed by atoms with van der Waals surface area (Å²) in [5.74, 6) is 2.07. The third-order valence-electron chi connectivity index (χ3n) is 3.23. The summed E-state index contributed by atoms with van der Waals surface area (Å²) in [6.45, 7) is 0.987. The summed E-state index contributed by atoms with van der Waals surface area (Å²) in [6, 6.07) is 3.73. The van der Waals surface area contributed by atoms with E-state index in [0.717, 1.165) is 12.2 Å². The fourth-order valence-corrected chi connectivity index (χ4v) is 1.97. The quantitative estimate of drug-likeness (QED) is 0.844. The van der Waals surface area contributed by atoms with Gasteiger partial charge >= 0.3 is 6.18 Å². The average molecular weight is 290 g/mol. The largest absolute Gasteiger partial charge is 0.464 e. The Bertz CT molecular complexity index is 470. The Morgan fingerprint density at radius 3 is 2.75 bits per heavy atom. The third kappa shape index (κ3) is 4.56.